The minimum absolute atomic E-state index is 0.353. The molecule has 0 amide bonds. The third-order valence-corrected chi connectivity index (χ3v) is 4.14. The second-order valence-corrected chi connectivity index (χ2v) is 6.17. The number of carbonyl (C=O) groups excluding carboxylic acids is 2. The first-order valence-electron chi connectivity index (χ1n) is 9.11. The molecule has 3 heteroatoms. The number of nitrogens with one attached hydrogen (secondary N) is 1. The van der Waals surface area contributed by atoms with E-state index in [0.717, 1.165) is 12.2 Å². The summed E-state index contributed by atoms with van der Waals surface area (Å²) in [5.74, 6) is -0.466. The van der Waals surface area contributed by atoms with Crippen molar-refractivity contribution in [1.29, 1.82) is 0 Å². The molecule has 128 valence electrons. The van der Waals surface area contributed by atoms with E-state index in [0.29, 0.717) is 11.8 Å². The predicted octanol–water partition coefficient (Wildman–Crippen LogP) is 5.40. The maximum Gasteiger partial charge on any atom is 0.225 e. The molecule has 0 saturated heterocycles. The second kappa shape index (κ2) is 12.9. The molecule has 0 unspecified atom stereocenters. The highest BCUT2D eigenvalue weighted by Gasteiger charge is 2.02. The molecule has 1 aromatic carbocycles. The summed E-state index contributed by atoms with van der Waals surface area (Å²) in [6.45, 7) is 3.21. The molecule has 3 nitrogen and oxygen atoms in total. The van der Waals surface area contributed by atoms with Crippen LogP contribution in [-0.2, 0) is 4.79 Å². The molecule has 0 fully saturated rings. The third kappa shape index (κ3) is 9.17. The Morgan fingerprint density at radius 2 is 1.39 bits per heavy atom. The van der Waals surface area contributed by atoms with Gasteiger partial charge in [0.2, 0.25) is 5.78 Å². The minimum atomic E-state index is -0.466. The Balaban J connectivity index is 1.98. The predicted molar refractivity (Wildman–Crippen MR) is 97.2 cm³/mol. The Kier molecular flexibility index (Phi) is 10.9. The maximum absolute atomic E-state index is 11.2. The smallest absolute Gasteiger partial charge is 0.225 e. The van der Waals surface area contributed by atoms with Gasteiger partial charge < -0.3 is 5.32 Å². The molecular weight excluding hydrogens is 286 g/mol. The van der Waals surface area contributed by atoms with Gasteiger partial charge in [0.05, 0.1) is 0 Å². The van der Waals surface area contributed by atoms with E-state index in [9.17, 15) is 9.59 Å². The van der Waals surface area contributed by atoms with Crippen LogP contribution in [0.15, 0.2) is 24.3 Å². The van der Waals surface area contributed by atoms with Crippen molar-refractivity contribution in [3.05, 3.63) is 29.8 Å². The quantitative estimate of drug-likeness (QED) is 0.216. The lowest BCUT2D eigenvalue weighted by atomic mass is 10.1. The van der Waals surface area contributed by atoms with Gasteiger partial charge in [-0.05, 0) is 30.7 Å². The minimum Gasteiger partial charge on any atom is -0.385 e. The number of ketones is 1. The van der Waals surface area contributed by atoms with Crippen molar-refractivity contribution in [3.8, 4) is 0 Å². The van der Waals surface area contributed by atoms with E-state index < -0.39 is 5.78 Å². The van der Waals surface area contributed by atoms with Crippen molar-refractivity contribution >= 4 is 17.8 Å². The van der Waals surface area contributed by atoms with Crippen LogP contribution in [0.5, 0.6) is 0 Å². The van der Waals surface area contributed by atoms with E-state index in [2.05, 4.69) is 12.2 Å². The summed E-state index contributed by atoms with van der Waals surface area (Å²) in [7, 11) is 0. The van der Waals surface area contributed by atoms with Crippen LogP contribution in [0.1, 0.15) is 81.5 Å². The summed E-state index contributed by atoms with van der Waals surface area (Å²) in [6, 6.07) is 7.09. The van der Waals surface area contributed by atoms with Gasteiger partial charge in [0.15, 0.2) is 6.29 Å². The molecule has 1 aromatic rings. The number of rotatable bonds is 14. The van der Waals surface area contributed by atoms with Gasteiger partial charge >= 0.3 is 0 Å². The first-order chi connectivity index (χ1) is 11.3. The number of carbonyl (C=O) groups is 2. The molecule has 0 atom stereocenters. The van der Waals surface area contributed by atoms with Crippen LogP contribution in [0, 0.1) is 0 Å². The van der Waals surface area contributed by atoms with Gasteiger partial charge in [0, 0.05) is 17.8 Å². The highest BCUT2D eigenvalue weighted by atomic mass is 16.2. The molecule has 0 aliphatic heterocycles. The molecule has 23 heavy (non-hydrogen) atoms. The summed E-state index contributed by atoms with van der Waals surface area (Å²) < 4.78 is 0. The molecule has 1 N–H and O–H groups in total. The average Bonchev–Trinajstić information content (AvgIpc) is 2.59. The van der Waals surface area contributed by atoms with Gasteiger partial charge in [-0.15, -0.1) is 0 Å². The number of hydrogen-bond donors (Lipinski definition) is 1. The number of anilines is 1. The SMILES string of the molecule is CCCCCCCCCCCCNc1ccc(C(=O)C=O)cc1. The second-order valence-electron chi connectivity index (χ2n) is 6.17. The molecule has 0 saturated carbocycles. The highest BCUT2D eigenvalue weighted by molar-refractivity contribution is 6.33. The zero-order valence-corrected chi connectivity index (χ0v) is 14.5. The average molecular weight is 317 g/mol. The molecule has 0 spiro atoms. The highest BCUT2D eigenvalue weighted by Crippen LogP contribution is 2.12. The lowest BCUT2D eigenvalue weighted by Crippen LogP contribution is -2.03. The zero-order chi connectivity index (χ0) is 16.8. The monoisotopic (exact) mass is 317 g/mol. The first kappa shape index (κ1) is 19.4. The molecule has 0 aliphatic rings. The van der Waals surface area contributed by atoms with Crippen LogP contribution in [0.2, 0.25) is 0 Å². The molecule has 0 aliphatic carbocycles. The van der Waals surface area contributed by atoms with Gasteiger partial charge in [-0.1, -0.05) is 64.7 Å². The van der Waals surface area contributed by atoms with Crippen molar-refractivity contribution in [2.45, 2.75) is 71.1 Å². The van der Waals surface area contributed by atoms with Crippen LogP contribution < -0.4 is 5.32 Å². The van der Waals surface area contributed by atoms with E-state index >= 15 is 0 Å². The fraction of sp³-hybridized carbons (Fsp3) is 0.600. The van der Waals surface area contributed by atoms with Gasteiger partial charge in [-0.2, -0.15) is 0 Å². The normalized spacial score (nSPS) is 10.5. The number of unbranched alkanes of at least 4 members (excludes halogenated alkanes) is 9. The fourth-order valence-electron chi connectivity index (χ4n) is 2.67. The molecule has 1 rings (SSSR count). The van der Waals surface area contributed by atoms with Crippen LogP contribution in [0.3, 0.4) is 0 Å². The van der Waals surface area contributed by atoms with Crippen LogP contribution in [0.4, 0.5) is 5.69 Å². The van der Waals surface area contributed by atoms with E-state index in [1.807, 2.05) is 12.1 Å². The maximum atomic E-state index is 11.2. The van der Waals surface area contributed by atoms with E-state index in [1.54, 1.807) is 12.1 Å². The van der Waals surface area contributed by atoms with Gasteiger partial charge in [-0.3, -0.25) is 9.59 Å². The van der Waals surface area contributed by atoms with Crippen molar-refractivity contribution in [2.75, 3.05) is 11.9 Å². The number of aldehydes is 1. The Bertz CT molecular complexity index is 439. The van der Waals surface area contributed by atoms with Crippen molar-refractivity contribution in [3.63, 3.8) is 0 Å². The Labute approximate surface area is 140 Å². The van der Waals surface area contributed by atoms with Crippen molar-refractivity contribution in [2.24, 2.45) is 0 Å². The number of Topliss-reactive ketones (excluding diaryl/α,β-unsaturated/α-hetero) is 1. The summed E-state index contributed by atoms with van der Waals surface area (Å²) in [6.07, 6.45) is 13.7. The zero-order valence-electron chi connectivity index (χ0n) is 14.5. The van der Waals surface area contributed by atoms with Crippen LogP contribution >= 0.6 is 0 Å². The van der Waals surface area contributed by atoms with Crippen LogP contribution in [-0.4, -0.2) is 18.6 Å². The molecule has 0 radical (unpaired) electrons. The molecule has 0 aromatic heterocycles. The largest absolute Gasteiger partial charge is 0.385 e. The Morgan fingerprint density at radius 1 is 0.870 bits per heavy atom. The van der Waals surface area contributed by atoms with Crippen molar-refractivity contribution < 1.29 is 9.59 Å². The van der Waals surface area contributed by atoms with E-state index in [1.165, 1.54) is 64.2 Å². The Hall–Kier alpha value is -1.64. The molecule has 0 bridgehead atoms. The van der Waals surface area contributed by atoms with E-state index in [-0.39, 0.29) is 0 Å². The third-order valence-electron chi connectivity index (χ3n) is 4.14. The Morgan fingerprint density at radius 3 is 1.91 bits per heavy atom. The fourth-order valence-corrected chi connectivity index (χ4v) is 2.67. The summed E-state index contributed by atoms with van der Waals surface area (Å²) in [5.41, 5.74) is 1.45. The molecule has 0 heterocycles. The molecular formula is C20H31NO2. The van der Waals surface area contributed by atoms with Gasteiger partial charge in [0.1, 0.15) is 0 Å². The van der Waals surface area contributed by atoms with Crippen molar-refractivity contribution in [1.82, 2.24) is 0 Å². The van der Waals surface area contributed by atoms with E-state index in [4.69, 9.17) is 0 Å². The number of benzene rings is 1. The summed E-state index contributed by atoms with van der Waals surface area (Å²) in [5, 5.41) is 3.35. The lowest BCUT2D eigenvalue weighted by molar-refractivity contribution is -0.104. The topological polar surface area (TPSA) is 46.2 Å². The van der Waals surface area contributed by atoms with Gasteiger partial charge in [0.25, 0.3) is 0 Å². The van der Waals surface area contributed by atoms with Gasteiger partial charge in [-0.25, -0.2) is 0 Å². The summed E-state index contributed by atoms with van der Waals surface area (Å²) >= 11 is 0. The standard InChI is InChI=1S/C20H31NO2/c1-2-3-4-5-6-7-8-9-10-11-16-21-19-14-12-18(13-15-19)20(23)17-22/h12-15,17,21H,2-11,16H2,1H3. The first-order valence-corrected chi connectivity index (χ1v) is 9.11. The number of hydrogen-bond acceptors (Lipinski definition) is 3. The van der Waals surface area contributed by atoms with Crippen LogP contribution in [0.25, 0.3) is 0 Å². The lowest BCUT2D eigenvalue weighted by Gasteiger charge is -2.07. The summed E-state index contributed by atoms with van der Waals surface area (Å²) in [4.78, 5) is 21.6.